The first-order valence-corrected chi connectivity index (χ1v) is 8.72. The largest absolute Gasteiger partial charge is 0.271 e. The van der Waals surface area contributed by atoms with Crippen LogP contribution in [0.3, 0.4) is 0 Å². The first-order valence-electron chi connectivity index (χ1n) is 7.91. The number of hydrazine groups is 1. The summed E-state index contributed by atoms with van der Waals surface area (Å²) in [6, 6.07) is 2.83. The normalized spacial score (nSPS) is 28.3. The zero-order valence-electron chi connectivity index (χ0n) is 12.0. The van der Waals surface area contributed by atoms with Gasteiger partial charge in [0.25, 0.3) is 0 Å². The van der Waals surface area contributed by atoms with Crippen LogP contribution in [0.4, 0.5) is 0 Å². The molecule has 0 saturated heterocycles. The molecule has 1 aromatic rings. The molecule has 2 aliphatic carbocycles. The van der Waals surface area contributed by atoms with Crippen molar-refractivity contribution < 1.29 is 0 Å². The Morgan fingerprint density at radius 2 is 2.16 bits per heavy atom. The summed E-state index contributed by atoms with van der Waals surface area (Å²) < 4.78 is 0. The molecule has 0 aliphatic heterocycles. The van der Waals surface area contributed by atoms with Crippen molar-refractivity contribution >= 4 is 11.3 Å². The molecule has 2 aliphatic rings. The molecule has 0 spiro atoms. The third-order valence-corrected chi connectivity index (χ3v) is 6.49. The summed E-state index contributed by atoms with van der Waals surface area (Å²) in [5.41, 5.74) is 4.75. The van der Waals surface area contributed by atoms with Gasteiger partial charge in [0.15, 0.2) is 0 Å². The Kier molecular flexibility index (Phi) is 4.25. The Bertz CT molecular complexity index is 405. The number of fused-ring (bicyclic) bond motifs is 1. The summed E-state index contributed by atoms with van der Waals surface area (Å²) in [5, 5.41) is 0. The van der Waals surface area contributed by atoms with Gasteiger partial charge in [0.05, 0.1) is 6.04 Å². The van der Waals surface area contributed by atoms with E-state index in [4.69, 9.17) is 5.84 Å². The Hall–Kier alpha value is -0.380. The van der Waals surface area contributed by atoms with Gasteiger partial charge in [-0.15, -0.1) is 11.3 Å². The quantitative estimate of drug-likeness (QED) is 0.646. The van der Waals surface area contributed by atoms with Crippen LogP contribution in [-0.2, 0) is 12.8 Å². The zero-order valence-corrected chi connectivity index (χ0v) is 12.8. The van der Waals surface area contributed by atoms with Crippen molar-refractivity contribution in [3.63, 3.8) is 0 Å². The van der Waals surface area contributed by atoms with E-state index in [1.807, 2.05) is 11.3 Å². The first-order chi connectivity index (χ1) is 9.33. The second kappa shape index (κ2) is 5.94. The Morgan fingerprint density at radius 3 is 2.89 bits per heavy atom. The maximum absolute atomic E-state index is 5.93. The smallest absolute Gasteiger partial charge is 0.0584 e. The lowest BCUT2D eigenvalue weighted by molar-refractivity contribution is 0.178. The van der Waals surface area contributed by atoms with Gasteiger partial charge >= 0.3 is 0 Å². The monoisotopic (exact) mass is 278 g/mol. The molecule has 1 aromatic heterocycles. The van der Waals surface area contributed by atoms with E-state index in [0.717, 1.165) is 11.8 Å². The fraction of sp³-hybridized carbons (Fsp3) is 0.750. The van der Waals surface area contributed by atoms with Crippen molar-refractivity contribution in [3.8, 4) is 0 Å². The number of aryl methyl sites for hydroxylation is 2. The minimum absolute atomic E-state index is 0.390. The minimum Gasteiger partial charge on any atom is -0.271 e. The minimum atomic E-state index is 0.390. The highest BCUT2D eigenvalue weighted by Crippen LogP contribution is 2.43. The van der Waals surface area contributed by atoms with E-state index in [9.17, 15) is 0 Å². The molecule has 3 unspecified atom stereocenters. The van der Waals surface area contributed by atoms with Crippen LogP contribution in [0.2, 0.25) is 0 Å². The molecule has 0 aromatic carbocycles. The second-order valence-electron chi connectivity index (χ2n) is 6.21. The third kappa shape index (κ3) is 2.61. The molecule has 106 valence electrons. The maximum Gasteiger partial charge on any atom is 0.0584 e. The third-order valence-electron chi connectivity index (χ3n) is 5.17. The molecule has 0 bridgehead atoms. The highest BCUT2D eigenvalue weighted by molar-refractivity contribution is 7.12. The molecule has 2 nitrogen and oxygen atoms in total. The lowest BCUT2D eigenvalue weighted by atomic mass is 9.74. The molecule has 19 heavy (non-hydrogen) atoms. The SMILES string of the molecule is CCC1CCCCC1C(NN)c1cc2c(s1)CCC2. The molecule has 3 heteroatoms. The Labute approximate surface area is 120 Å². The Balaban J connectivity index is 1.82. The van der Waals surface area contributed by atoms with Crippen LogP contribution in [0.5, 0.6) is 0 Å². The highest BCUT2D eigenvalue weighted by atomic mass is 32.1. The summed E-state index contributed by atoms with van der Waals surface area (Å²) in [5.74, 6) is 7.52. The number of rotatable bonds is 4. The molecular weight excluding hydrogens is 252 g/mol. The summed E-state index contributed by atoms with van der Waals surface area (Å²) >= 11 is 2.02. The van der Waals surface area contributed by atoms with Crippen LogP contribution < -0.4 is 11.3 Å². The van der Waals surface area contributed by atoms with Crippen LogP contribution in [0.15, 0.2) is 6.07 Å². The lowest BCUT2D eigenvalue weighted by Crippen LogP contribution is -2.37. The van der Waals surface area contributed by atoms with Crippen molar-refractivity contribution in [2.45, 2.75) is 64.3 Å². The summed E-state index contributed by atoms with van der Waals surface area (Å²) in [6.45, 7) is 2.34. The molecule has 0 radical (unpaired) electrons. The predicted octanol–water partition coefficient (Wildman–Crippen LogP) is 3.96. The number of hydrogen-bond donors (Lipinski definition) is 2. The van der Waals surface area contributed by atoms with Gasteiger partial charge in [0, 0.05) is 9.75 Å². The van der Waals surface area contributed by atoms with E-state index >= 15 is 0 Å². The number of nitrogens with one attached hydrogen (secondary N) is 1. The van der Waals surface area contributed by atoms with Crippen LogP contribution in [0, 0.1) is 11.8 Å². The van der Waals surface area contributed by atoms with E-state index < -0.39 is 0 Å². The van der Waals surface area contributed by atoms with Gasteiger partial charge in [-0.1, -0.05) is 32.6 Å². The predicted molar refractivity (Wildman–Crippen MR) is 82.1 cm³/mol. The van der Waals surface area contributed by atoms with E-state index in [-0.39, 0.29) is 0 Å². The van der Waals surface area contributed by atoms with Gasteiger partial charge in [-0.05, 0) is 49.1 Å². The van der Waals surface area contributed by atoms with Crippen molar-refractivity contribution in [1.29, 1.82) is 0 Å². The van der Waals surface area contributed by atoms with Gasteiger partial charge in [0.1, 0.15) is 0 Å². The highest BCUT2D eigenvalue weighted by Gasteiger charge is 2.32. The van der Waals surface area contributed by atoms with Crippen LogP contribution >= 0.6 is 11.3 Å². The molecule has 1 fully saturated rings. The first kappa shape index (κ1) is 13.6. The van der Waals surface area contributed by atoms with E-state index in [2.05, 4.69) is 18.4 Å². The molecule has 1 saturated carbocycles. The van der Waals surface area contributed by atoms with Crippen molar-refractivity contribution in [1.82, 2.24) is 5.43 Å². The number of thiophene rings is 1. The molecule has 1 heterocycles. The molecule has 3 atom stereocenters. The molecule has 0 amide bonds. The molecule has 3 rings (SSSR count). The van der Waals surface area contributed by atoms with Crippen molar-refractivity contribution in [2.75, 3.05) is 0 Å². The maximum atomic E-state index is 5.93. The zero-order chi connectivity index (χ0) is 13.2. The Morgan fingerprint density at radius 1 is 1.32 bits per heavy atom. The standard InChI is InChI=1S/C16H26N2S/c1-2-11-6-3-4-8-13(11)16(18-17)15-10-12-7-5-9-14(12)19-15/h10-11,13,16,18H,2-9,17H2,1H3. The molecular formula is C16H26N2S. The number of nitrogens with two attached hydrogens (primary N) is 1. The average Bonchev–Trinajstić information content (AvgIpc) is 3.01. The lowest BCUT2D eigenvalue weighted by Gasteiger charge is -2.36. The van der Waals surface area contributed by atoms with Crippen LogP contribution in [0.1, 0.15) is 66.8 Å². The van der Waals surface area contributed by atoms with Crippen LogP contribution in [-0.4, -0.2) is 0 Å². The molecule has 3 N–H and O–H groups in total. The van der Waals surface area contributed by atoms with E-state index in [0.29, 0.717) is 6.04 Å². The van der Waals surface area contributed by atoms with Gasteiger partial charge < -0.3 is 0 Å². The topological polar surface area (TPSA) is 38.0 Å². The number of hydrogen-bond acceptors (Lipinski definition) is 3. The fourth-order valence-corrected chi connectivity index (χ4v) is 5.50. The van der Waals surface area contributed by atoms with Gasteiger partial charge in [-0.3, -0.25) is 11.3 Å². The second-order valence-corrected chi connectivity index (χ2v) is 7.38. The average molecular weight is 278 g/mol. The van der Waals surface area contributed by atoms with Gasteiger partial charge in [-0.25, -0.2) is 0 Å². The van der Waals surface area contributed by atoms with E-state index in [1.165, 1.54) is 56.2 Å². The van der Waals surface area contributed by atoms with Gasteiger partial charge in [0.2, 0.25) is 0 Å². The van der Waals surface area contributed by atoms with E-state index in [1.54, 1.807) is 10.4 Å². The van der Waals surface area contributed by atoms with Crippen molar-refractivity contribution in [3.05, 3.63) is 21.4 Å². The summed E-state index contributed by atoms with van der Waals surface area (Å²) in [4.78, 5) is 3.12. The van der Waals surface area contributed by atoms with Crippen LogP contribution in [0.25, 0.3) is 0 Å². The fourth-order valence-electron chi connectivity index (χ4n) is 4.10. The summed E-state index contributed by atoms with van der Waals surface area (Å²) in [6.07, 6.45) is 10.7. The van der Waals surface area contributed by atoms with Crippen molar-refractivity contribution in [2.24, 2.45) is 17.7 Å². The van der Waals surface area contributed by atoms with Gasteiger partial charge in [-0.2, -0.15) is 0 Å². The summed E-state index contributed by atoms with van der Waals surface area (Å²) in [7, 11) is 0.